The molecule has 2 fully saturated rings. The fraction of sp³-hybridized carbons (Fsp3) is 1.00. The largest absolute Gasteiger partial charge is 0.328 e. The molecule has 2 nitrogen and oxygen atoms in total. The second-order valence-corrected chi connectivity index (χ2v) is 4.88. The average molecular weight is 182 g/mol. The summed E-state index contributed by atoms with van der Waals surface area (Å²) in [4.78, 5) is 0. The Bertz CT molecular complexity index is 157. The molecule has 2 saturated heterocycles. The fourth-order valence-electron chi connectivity index (χ4n) is 2.96. The molecule has 0 spiro atoms. The number of hydrogen-bond donors (Lipinski definition) is 2. The molecule has 2 bridgehead atoms. The smallest absolute Gasteiger partial charge is 0.00728 e. The van der Waals surface area contributed by atoms with Crippen LogP contribution < -0.4 is 11.1 Å². The second-order valence-electron chi connectivity index (χ2n) is 4.88. The van der Waals surface area contributed by atoms with E-state index in [9.17, 15) is 0 Å². The molecule has 3 atom stereocenters. The van der Waals surface area contributed by atoms with Gasteiger partial charge in [-0.25, -0.2) is 0 Å². The van der Waals surface area contributed by atoms with Crippen LogP contribution in [0.15, 0.2) is 0 Å². The van der Waals surface area contributed by atoms with Gasteiger partial charge in [-0.2, -0.15) is 0 Å². The van der Waals surface area contributed by atoms with Gasteiger partial charge < -0.3 is 11.1 Å². The van der Waals surface area contributed by atoms with Gasteiger partial charge in [0, 0.05) is 18.1 Å². The normalized spacial score (nSPS) is 40.6. The van der Waals surface area contributed by atoms with Crippen LogP contribution in [0.25, 0.3) is 0 Å². The maximum atomic E-state index is 5.99. The summed E-state index contributed by atoms with van der Waals surface area (Å²) in [6.45, 7) is 2.19. The van der Waals surface area contributed by atoms with Crippen molar-refractivity contribution in [3.8, 4) is 0 Å². The van der Waals surface area contributed by atoms with Crippen LogP contribution in [0.4, 0.5) is 0 Å². The van der Waals surface area contributed by atoms with Gasteiger partial charge in [0.2, 0.25) is 0 Å². The first-order chi connectivity index (χ1) is 6.28. The van der Waals surface area contributed by atoms with E-state index in [1.807, 2.05) is 0 Å². The molecule has 0 aliphatic carbocycles. The maximum Gasteiger partial charge on any atom is 0.00728 e. The third-order valence-corrected chi connectivity index (χ3v) is 3.73. The zero-order valence-electron chi connectivity index (χ0n) is 8.63. The van der Waals surface area contributed by atoms with E-state index in [2.05, 4.69) is 12.2 Å². The van der Waals surface area contributed by atoms with Crippen LogP contribution in [0.2, 0.25) is 0 Å². The molecule has 0 aromatic rings. The van der Waals surface area contributed by atoms with Crippen LogP contribution in [0, 0.1) is 5.92 Å². The van der Waals surface area contributed by atoms with Crippen LogP contribution in [-0.4, -0.2) is 18.1 Å². The van der Waals surface area contributed by atoms with Crippen molar-refractivity contribution >= 4 is 0 Å². The van der Waals surface area contributed by atoms with Gasteiger partial charge in [0.25, 0.3) is 0 Å². The molecule has 76 valence electrons. The van der Waals surface area contributed by atoms with E-state index in [-0.39, 0.29) is 0 Å². The highest BCUT2D eigenvalue weighted by molar-refractivity contribution is 4.92. The van der Waals surface area contributed by atoms with E-state index < -0.39 is 0 Å². The quantitative estimate of drug-likeness (QED) is 0.696. The van der Waals surface area contributed by atoms with Crippen molar-refractivity contribution in [1.82, 2.24) is 5.32 Å². The van der Waals surface area contributed by atoms with Crippen LogP contribution in [-0.2, 0) is 0 Å². The number of nitrogens with one attached hydrogen (secondary N) is 1. The molecule has 0 amide bonds. The molecule has 2 heterocycles. The molecule has 0 aromatic carbocycles. The van der Waals surface area contributed by atoms with Gasteiger partial charge in [0.15, 0.2) is 0 Å². The van der Waals surface area contributed by atoms with E-state index in [1.54, 1.807) is 0 Å². The minimum atomic E-state index is 0.447. The zero-order chi connectivity index (χ0) is 9.26. The number of piperidine rings is 1. The van der Waals surface area contributed by atoms with Crippen molar-refractivity contribution in [2.75, 3.05) is 0 Å². The molecule has 0 aromatic heterocycles. The third-order valence-electron chi connectivity index (χ3n) is 3.73. The highest BCUT2D eigenvalue weighted by Gasteiger charge is 2.33. The lowest BCUT2D eigenvalue weighted by Gasteiger charge is -2.30. The molecule has 0 radical (unpaired) electrons. The molecule has 2 aliphatic rings. The first-order valence-electron chi connectivity index (χ1n) is 5.79. The summed E-state index contributed by atoms with van der Waals surface area (Å²) in [6, 6.07) is 2.10. The number of hydrogen-bond acceptors (Lipinski definition) is 2. The Kier molecular flexibility index (Phi) is 2.89. The predicted molar refractivity (Wildman–Crippen MR) is 55.6 cm³/mol. The summed E-state index contributed by atoms with van der Waals surface area (Å²) in [7, 11) is 0. The Morgan fingerprint density at radius 2 is 1.92 bits per heavy atom. The average Bonchev–Trinajstić information content (AvgIpc) is 2.46. The molecule has 0 saturated carbocycles. The van der Waals surface area contributed by atoms with Gasteiger partial charge in [-0.1, -0.05) is 6.92 Å². The van der Waals surface area contributed by atoms with E-state index in [1.165, 1.54) is 32.1 Å². The van der Waals surface area contributed by atoms with Crippen LogP contribution in [0.1, 0.15) is 45.4 Å². The highest BCUT2D eigenvalue weighted by Crippen LogP contribution is 2.33. The minimum absolute atomic E-state index is 0.447. The van der Waals surface area contributed by atoms with Crippen molar-refractivity contribution in [3.63, 3.8) is 0 Å². The Labute approximate surface area is 81.3 Å². The third kappa shape index (κ3) is 2.23. The monoisotopic (exact) mass is 182 g/mol. The number of fused-ring (bicyclic) bond motifs is 2. The molecular weight excluding hydrogens is 160 g/mol. The first-order valence-corrected chi connectivity index (χ1v) is 5.79. The molecule has 2 aliphatic heterocycles. The topological polar surface area (TPSA) is 38.0 Å². The van der Waals surface area contributed by atoms with Crippen molar-refractivity contribution in [2.45, 2.75) is 63.6 Å². The van der Waals surface area contributed by atoms with E-state index in [4.69, 9.17) is 5.73 Å². The van der Waals surface area contributed by atoms with Crippen molar-refractivity contribution in [2.24, 2.45) is 11.7 Å². The first kappa shape index (κ1) is 9.47. The zero-order valence-corrected chi connectivity index (χ0v) is 8.63. The van der Waals surface area contributed by atoms with E-state index >= 15 is 0 Å². The van der Waals surface area contributed by atoms with Crippen LogP contribution in [0.5, 0.6) is 0 Å². The summed E-state index contributed by atoms with van der Waals surface area (Å²) in [5, 5.41) is 3.67. The van der Waals surface area contributed by atoms with Gasteiger partial charge >= 0.3 is 0 Å². The van der Waals surface area contributed by atoms with Crippen molar-refractivity contribution < 1.29 is 0 Å². The number of nitrogens with two attached hydrogens (primary N) is 1. The van der Waals surface area contributed by atoms with Crippen LogP contribution in [0.3, 0.4) is 0 Å². The summed E-state index contributed by atoms with van der Waals surface area (Å²) in [5.41, 5.74) is 5.99. The van der Waals surface area contributed by atoms with Gasteiger partial charge in [-0.05, 0) is 44.4 Å². The SMILES string of the molecule is CCC(N)CC1CC2CCC(C1)N2. The molecule has 13 heavy (non-hydrogen) atoms. The van der Waals surface area contributed by atoms with Crippen LogP contribution >= 0.6 is 0 Å². The minimum Gasteiger partial charge on any atom is -0.328 e. The van der Waals surface area contributed by atoms with Crippen molar-refractivity contribution in [1.29, 1.82) is 0 Å². The van der Waals surface area contributed by atoms with Gasteiger partial charge in [-0.3, -0.25) is 0 Å². The lowest BCUT2D eigenvalue weighted by molar-refractivity contribution is 0.270. The lowest BCUT2D eigenvalue weighted by atomic mass is 9.87. The van der Waals surface area contributed by atoms with E-state index in [0.29, 0.717) is 6.04 Å². The second kappa shape index (κ2) is 3.97. The summed E-state index contributed by atoms with van der Waals surface area (Å²) in [5.74, 6) is 0.911. The van der Waals surface area contributed by atoms with Gasteiger partial charge in [0.1, 0.15) is 0 Å². The Morgan fingerprint density at radius 3 is 2.46 bits per heavy atom. The highest BCUT2D eigenvalue weighted by atomic mass is 15.0. The fourth-order valence-corrected chi connectivity index (χ4v) is 2.96. The molecule has 3 N–H and O–H groups in total. The standard InChI is InChI=1S/C11H22N2/c1-2-9(12)5-8-6-10-3-4-11(7-8)13-10/h8-11,13H,2-7,12H2,1H3. The number of rotatable bonds is 3. The molecular formula is C11H22N2. The summed E-state index contributed by atoms with van der Waals surface area (Å²) in [6.07, 6.45) is 7.96. The van der Waals surface area contributed by atoms with Gasteiger partial charge in [0.05, 0.1) is 0 Å². The Morgan fingerprint density at radius 1 is 1.31 bits per heavy atom. The molecule has 2 rings (SSSR count). The Balaban J connectivity index is 1.81. The maximum absolute atomic E-state index is 5.99. The van der Waals surface area contributed by atoms with Gasteiger partial charge in [-0.15, -0.1) is 0 Å². The predicted octanol–water partition coefficient (Wildman–Crippen LogP) is 1.64. The van der Waals surface area contributed by atoms with E-state index in [0.717, 1.165) is 24.4 Å². The Hall–Kier alpha value is -0.0800. The molecule has 3 unspecified atom stereocenters. The summed E-state index contributed by atoms with van der Waals surface area (Å²) >= 11 is 0. The lowest BCUT2D eigenvalue weighted by Crippen LogP contribution is -2.39. The summed E-state index contributed by atoms with van der Waals surface area (Å²) < 4.78 is 0. The molecule has 2 heteroatoms. The van der Waals surface area contributed by atoms with Crippen molar-refractivity contribution in [3.05, 3.63) is 0 Å².